The predicted octanol–water partition coefficient (Wildman–Crippen LogP) is 3.28. The Hall–Kier alpha value is -3.29. The van der Waals surface area contributed by atoms with Crippen molar-refractivity contribution >= 4 is 5.91 Å². The van der Waals surface area contributed by atoms with Crippen LogP contribution in [0, 0.1) is 0 Å². The molecule has 0 unspecified atom stereocenters. The summed E-state index contributed by atoms with van der Waals surface area (Å²) in [4.78, 5) is 18.3. The van der Waals surface area contributed by atoms with Gasteiger partial charge < -0.3 is 9.64 Å². The van der Waals surface area contributed by atoms with E-state index in [2.05, 4.69) is 14.8 Å². The van der Waals surface area contributed by atoms with E-state index < -0.39 is 6.61 Å². The average Bonchev–Trinajstić information content (AvgIpc) is 3.02. The first-order valence-corrected chi connectivity index (χ1v) is 8.84. The van der Waals surface area contributed by atoms with Gasteiger partial charge in [-0.1, -0.05) is 36.4 Å². The first-order valence-electron chi connectivity index (χ1n) is 8.84. The van der Waals surface area contributed by atoms with Crippen LogP contribution in [0.1, 0.15) is 21.7 Å². The zero-order chi connectivity index (χ0) is 19.7. The molecule has 0 bridgehead atoms. The maximum Gasteiger partial charge on any atom is 0.388 e. The Morgan fingerprint density at radius 3 is 2.68 bits per heavy atom. The second-order valence-electron chi connectivity index (χ2n) is 6.48. The van der Waals surface area contributed by atoms with Gasteiger partial charge in [0.1, 0.15) is 5.69 Å². The number of hydrogen-bond acceptors (Lipinski definition) is 4. The van der Waals surface area contributed by atoms with Gasteiger partial charge in [-0.3, -0.25) is 9.48 Å². The van der Waals surface area contributed by atoms with Gasteiger partial charge in [0, 0.05) is 30.8 Å². The number of aromatic nitrogens is 3. The van der Waals surface area contributed by atoms with Crippen LogP contribution >= 0.6 is 0 Å². The fourth-order valence-electron chi connectivity index (χ4n) is 3.50. The molecule has 0 atom stereocenters. The van der Waals surface area contributed by atoms with Crippen LogP contribution in [0.25, 0.3) is 11.3 Å². The quantitative estimate of drug-likeness (QED) is 0.693. The zero-order valence-electron chi connectivity index (χ0n) is 15.2. The standard InChI is InChI=1S/C20H18F2N4O2/c1-25-18(13-6-3-2-4-7-13)14-10-11-26(12-16(14)24-25)19(27)15-8-5-9-17(23-15)28-20(21)22/h2-9,20H,10-12H2,1H3. The Kier molecular flexibility index (Phi) is 4.77. The molecule has 0 fully saturated rings. The molecule has 2 aromatic heterocycles. The van der Waals surface area contributed by atoms with Crippen molar-refractivity contribution in [1.29, 1.82) is 0 Å². The fourth-order valence-corrected chi connectivity index (χ4v) is 3.50. The molecule has 1 aliphatic rings. The molecule has 0 radical (unpaired) electrons. The van der Waals surface area contributed by atoms with Crippen molar-refractivity contribution < 1.29 is 18.3 Å². The molecule has 1 aliphatic heterocycles. The van der Waals surface area contributed by atoms with E-state index in [1.807, 2.05) is 42.1 Å². The summed E-state index contributed by atoms with van der Waals surface area (Å²) in [7, 11) is 1.89. The number of fused-ring (bicyclic) bond motifs is 1. The molecule has 28 heavy (non-hydrogen) atoms. The number of aryl methyl sites for hydroxylation is 1. The van der Waals surface area contributed by atoms with Crippen LogP contribution in [0.4, 0.5) is 8.78 Å². The molecule has 0 saturated carbocycles. The smallest absolute Gasteiger partial charge is 0.388 e. The number of pyridine rings is 1. The molecule has 4 rings (SSSR count). The number of halogens is 2. The number of nitrogens with zero attached hydrogens (tertiary/aromatic N) is 4. The van der Waals surface area contributed by atoms with Crippen LogP contribution in [0.3, 0.4) is 0 Å². The van der Waals surface area contributed by atoms with Gasteiger partial charge in [-0.25, -0.2) is 4.98 Å². The van der Waals surface area contributed by atoms with Gasteiger partial charge in [0.2, 0.25) is 5.88 Å². The molecule has 144 valence electrons. The van der Waals surface area contributed by atoms with Gasteiger partial charge in [0.25, 0.3) is 5.91 Å². The van der Waals surface area contributed by atoms with Gasteiger partial charge >= 0.3 is 6.61 Å². The average molecular weight is 384 g/mol. The summed E-state index contributed by atoms with van der Waals surface area (Å²) in [6.07, 6.45) is 0.659. The van der Waals surface area contributed by atoms with E-state index in [1.54, 1.807) is 4.90 Å². The van der Waals surface area contributed by atoms with Crippen LogP contribution in [-0.4, -0.2) is 38.7 Å². The van der Waals surface area contributed by atoms with Crippen molar-refractivity contribution in [2.75, 3.05) is 6.54 Å². The normalized spacial score (nSPS) is 13.5. The van der Waals surface area contributed by atoms with E-state index in [4.69, 9.17) is 0 Å². The van der Waals surface area contributed by atoms with Gasteiger partial charge in [0.05, 0.1) is 17.9 Å². The molecular formula is C20H18F2N4O2. The zero-order valence-corrected chi connectivity index (χ0v) is 15.2. The lowest BCUT2D eigenvalue weighted by atomic mass is 9.99. The molecule has 3 aromatic rings. The largest absolute Gasteiger partial charge is 0.417 e. The number of rotatable bonds is 4. The number of alkyl halides is 2. The third-order valence-electron chi connectivity index (χ3n) is 4.69. The van der Waals surface area contributed by atoms with E-state index in [0.29, 0.717) is 19.5 Å². The lowest BCUT2D eigenvalue weighted by Gasteiger charge is -2.26. The highest BCUT2D eigenvalue weighted by atomic mass is 19.3. The SMILES string of the molecule is Cn1nc2c(c1-c1ccccc1)CCN(C(=O)c1cccc(OC(F)F)n1)C2. The number of amides is 1. The fraction of sp³-hybridized carbons (Fsp3) is 0.250. The second-order valence-corrected chi connectivity index (χ2v) is 6.48. The van der Waals surface area contributed by atoms with Crippen molar-refractivity contribution in [1.82, 2.24) is 19.7 Å². The van der Waals surface area contributed by atoms with E-state index in [-0.39, 0.29) is 17.5 Å². The Morgan fingerprint density at radius 1 is 1.14 bits per heavy atom. The molecule has 1 amide bonds. The minimum Gasteiger partial charge on any atom is -0.417 e. The summed E-state index contributed by atoms with van der Waals surface area (Å²) in [5.41, 5.74) is 4.16. The Bertz CT molecular complexity index is 1000. The van der Waals surface area contributed by atoms with Crippen LogP contribution in [0.15, 0.2) is 48.5 Å². The van der Waals surface area contributed by atoms with Crippen molar-refractivity contribution in [3.63, 3.8) is 0 Å². The van der Waals surface area contributed by atoms with E-state index >= 15 is 0 Å². The minimum absolute atomic E-state index is 0.0702. The highest BCUT2D eigenvalue weighted by Crippen LogP contribution is 2.30. The number of carbonyl (C=O) groups excluding carboxylic acids is 1. The highest BCUT2D eigenvalue weighted by Gasteiger charge is 2.28. The summed E-state index contributed by atoms with van der Waals surface area (Å²) in [6.45, 7) is -2.14. The van der Waals surface area contributed by atoms with Gasteiger partial charge in [0.15, 0.2) is 0 Å². The van der Waals surface area contributed by atoms with Crippen molar-refractivity contribution in [3.05, 3.63) is 65.5 Å². The Labute approximate surface area is 160 Å². The van der Waals surface area contributed by atoms with Crippen molar-refractivity contribution in [2.24, 2.45) is 7.05 Å². The third-order valence-corrected chi connectivity index (χ3v) is 4.69. The van der Waals surface area contributed by atoms with Crippen molar-refractivity contribution in [3.8, 4) is 17.1 Å². The summed E-state index contributed by atoms with van der Waals surface area (Å²) in [5, 5.41) is 4.59. The maximum absolute atomic E-state index is 12.8. The van der Waals surface area contributed by atoms with E-state index in [1.165, 1.54) is 18.2 Å². The number of hydrogen-bond donors (Lipinski definition) is 0. The molecule has 8 heteroatoms. The van der Waals surface area contributed by atoms with Gasteiger partial charge in [-0.05, 0) is 12.5 Å². The molecule has 0 saturated heterocycles. The van der Waals surface area contributed by atoms with Gasteiger partial charge in [-0.2, -0.15) is 13.9 Å². The molecule has 6 nitrogen and oxygen atoms in total. The summed E-state index contributed by atoms with van der Waals surface area (Å²) < 4.78 is 30.9. The molecule has 0 aliphatic carbocycles. The first-order chi connectivity index (χ1) is 13.5. The molecule has 3 heterocycles. The van der Waals surface area contributed by atoms with E-state index in [9.17, 15) is 13.6 Å². The summed E-state index contributed by atoms with van der Waals surface area (Å²) in [5.74, 6) is -0.611. The van der Waals surface area contributed by atoms with Crippen LogP contribution < -0.4 is 4.74 Å². The van der Waals surface area contributed by atoms with Crippen LogP contribution in [0.5, 0.6) is 5.88 Å². The Morgan fingerprint density at radius 2 is 1.93 bits per heavy atom. The maximum atomic E-state index is 12.8. The molecule has 0 spiro atoms. The third kappa shape index (κ3) is 3.45. The molecule has 1 aromatic carbocycles. The predicted molar refractivity (Wildman–Crippen MR) is 98.0 cm³/mol. The lowest BCUT2D eigenvalue weighted by Crippen LogP contribution is -2.36. The number of benzene rings is 1. The number of carbonyl (C=O) groups is 1. The number of ether oxygens (including phenoxy) is 1. The molecular weight excluding hydrogens is 366 g/mol. The van der Waals surface area contributed by atoms with Crippen molar-refractivity contribution in [2.45, 2.75) is 19.6 Å². The summed E-state index contributed by atoms with van der Waals surface area (Å²) in [6, 6.07) is 14.3. The Balaban J connectivity index is 1.57. The first kappa shape index (κ1) is 18.1. The lowest BCUT2D eigenvalue weighted by molar-refractivity contribution is -0.0529. The monoisotopic (exact) mass is 384 g/mol. The van der Waals surface area contributed by atoms with Crippen LogP contribution in [-0.2, 0) is 20.0 Å². The highest BCUT2D eigenvalue weighted by molar-refractivity contribution is 5.92. The molecule has 0 N–H and O–H groups in total. The minimum atomic E-state index is -2.99. The van der Waals surface area contributed by atoms with Crippen LogP contribution in [0.2, 0.25) is 0 Å². The second kappa shape index (κ2) is 7.38. The topological polar surface area (TPSA) is 60.2 Å². The van der Waals surface area contributed by atoms with Gasteiger partial charge in [-0.15, -0.1) is 0 Å². The van der Waals surface area contributed by atoms with E-state index in [0.717, 1.165) is 22.5 Å². The summed E-state index contributed by atoms with van der Waals surface area (Å²) >= 11 is 0.